The number of nitrogens with one attached hydrogen (secondary N) is 1. The average molecular weight is 402 g/mol. The fourth-order valence-electron chi connectivity index (χ4n) is 4.58. The third-order valence-electron chi connectivity index (χ3n) is 6.21. The van der Waals surface area contributed by atoms with Gasteiger partial charge in [-0.2, -0.15) is 5.10 Å². The molecule has 1 N–H and O–H groups in total. The molecule has 0 saturated carbocycles. The van der Waals surface area contributed by atoms with Gasteiger partial charge in [-0.05, 0) is 62.7 Å². The zero-order chi connectivity index (χ0) is 20.5. The van der Waals surface area contributed by atoms with Crippen LogP contribution in [-0.2, 0) is 11.2 Å². The monoisotopic (exact) mass is 402 g/mol. The fraction of sp³-hybridized carbons (Fsp3) is 0.333. The molecule has 1 unspecified atom stereocenters. The van der Waals surface area contributed by atoms with Crippen LogP contribution in [0.5, 0.6) is 0 Å². The lowest BCUT2D eigenvalue weighted by Gasteiger charge is -2.18. The van der Waals surface area contributed by atoms with E-state index in [1.54, 1.807) is 0 Å². The molecule has 1 saturated heterocycles. The number of anilines is 1. The molecule has 1 amide bonds. The number of hydrogen-bond acceptors (Lipinski definition) is 4. The molecule has 30 heavy (non-hydrogen) atoms. The minimum absolute atomic E-state index is 0.405. The maximum absolute atomic E-state index is 12.1. The van der Waals surface area contributed by atoms with E-state index in [9.17, 15) is 4.79 Å². The highest BCUT2D eigenvalue weighted by Gasteiger charge is 2.23. The van der Waals surface area contributed by atoms with Gasteiger partial charge in [0.15, 0.2) is 0 Å². The number of carbonyl (C=O) groups excluding carboxylic acids is 1. The lowest BCUT2D eigenvalue weighted by atomic mass is 10.1. The number of fused-ring (bicyclic) bond motifs is 3. The van der Waals surface area contributed by atoms with Gasteiger partial charge in [0.1, 0.15) is 0 Å². The molecule has 1 aliphatic carbocycles. The molecule has 3 aromatic rings. The first kappa shape index (κ1) is 18.9. The molecule has 1 atom stereocenters. The van der Waals surface area contributed by atoms with E-state index in [-0.39, 0.29) is 0 Å². The Hall–Kier alpha value is -3.12. The minimum atomic E-state index is -0.405. The van der Waals surface area contributed by atoms with Gasteiger partial charge in [0.25, 0.3) is 0 Å². The minimum Gasteiger partial charge on any atom is -0.449 e. The Balaban J connectivity index is 1.22. The molecule has 6 heteroatoms. The molecule has 2 heterocycles. The van der Waals surface area contributed by atoms with Gasteiger partial charge in [0, 0.05) is 29.3 Å². The number of benzene rings is 2. The van der Waals surface area contributed by atoms with Crippen LogP contribution in [-0.4, -0.2) is 47.0 Å². The molecule has 0 spiro atoms. The maximum atomic E-state index is 12.1. The van der Waals surface area contributed by atoms with E-state index in [1.807, 2.05) is 35.1 Å². The van der Waals surface area contributed by atoms with Crippen molar-refractivity contribution < 1.29 is 9.53 Å². The van der Waals surface area contributed by atoms with E-state index >= 15 is 0 Å². The highest BCUT2D eigenvalue weighted by atomic mass is 16.5. The predicted octanol–water partition coefficient (Wildman–Crippen LogP) is 4.48. The highest BCUT2D eigenvalue weighted by molar-refractivity contribution is 5.84. The summed E-state index contributed by atoms with van der Waals surface area (Å²) in [6.45, 7) is 1.58. The summed E-state index contributed by atoms with van der Waals surface area (Å²) in [5.41, 5.74) is 6.66. The van der Waals surface area contributed by atoms with Crippen molar-refractivity contribution in [2.75, 3.05) is 25.5 Å². The summed E-state index contributed by atoms with van der Waals surface area (Å²) < 4.78 is 7.34. The van der Waals surface area contributed by atoms with Crippen molar-refractivity contribution >= 4 is 11.8 Å². The number of nitrogens with zero attached hydrogens (tertiary/aromatic N) is 3. The first-order valence-electron chi connectivity index (χ1n) is 10.6. The van der Waals surface area contributed by atoms with Gasteiger partial charge < -0.3 is 9.64 Å². The second-order valence-corrected chi connectivity index (χ2v) is 8.14. The summed E-state index contributed by atoms with van der Waals surface area (Å²) in [5, 5.41) is 7.40. The number of likely N-dealkylation sites (tertiary alicyclic amines) is 1. The highest BCUT2D eigenvalue weighted by Crippen LogP contribution is 2.37. The molecule has 154 valence electrons. The zero-order valence-electron chi connectivity index (χ0n) is 17.2. The van der Waals surface area contributed by atoms with Crippen LogP contribution in [0.2, 0.25) is 0 Å². The standard InChI is InChI=1S/C24H26N4O2/c1-27-13-4-6-20(27)12-14-30-24(29)26-19-8-10-21(11-9-19)28-23-18(16-25-28)15-17-5-2-3-7-22(17)23/h2-3,5,7-11,16,20H,4,6,12-15H2,1H3,(H,26,29). The van der Waals surface area contributed by atoms with Crippen molar-refractivity contribution in [2.45, 2.75) is 31.7 Å². The van der Waals surface area contributed by atoms with Crippen molar-refractivity contribution in [3.05, 3.63) is 65.9 Å². The van der Waals surface area contributed by atoms with Crippen LogP contribution in [0, 0.1) is 0 Å². The van der Waals surface area contributed by atoms with Gasteiger partial charge in [-0.3, -0.25) is 5.32 Å². The second-order valence-electron chi connectivity index (χ2n) is 8.14. The quantitative estimate of drug-likeness (QED) is 0.535. The van der Waals surface area contributed by atoms with Crippen molar-refractivity contribution in [2.24, 2.45) is 0 Å². The van der Waals surface area contributed by atoms with Gasteiger partial charge in [0.05, 0.1) is 24.2 Å². The summed E-state index contributed by atoms with van der Waals surface area (Å²) in [7, 11) is 2.13. The van der Waals surface area contributed by atoms with Crippen LogP contribution < -0.4 is 5.32 Å². The number of carbonyl (C=O) groups is 1. The molecule has 6 nitrogen and oxygen atoms in total. The molecule has 1 aliphatic heterocycles. The normalized spacial score (nSPS) is 17.6. The van der Waals surface area contributed by atoms with Gasteiger partial charge in [-0.25, -0.2) is 9.48 Å². The van der Waals surface area contributed by atoms with E-state index in [4.69, 9.17) is 4.74 Å². The van der Waals surface area contributed by atoms with Crippen LogP contribution in [0.1, 0.15) is 30.4 Å². The Morgan fingerprint density at radius 1 is 1.17 bits per heavy atom. The van der Waals surface area contributed by atoms with E-state index in [1.165, 1.54) is 29.5 Å². The Kier molecular flexibility index (Phi) is 5.01. The van der Waals surface area contributed by atoms with Gasteiger partial charge in [-0.1, -0.05) is 24.3 Å². The average Bonchev–Trinajstić information content (AvgIpc) is 3.44. The van der Waals surface area contributed by atoms with Crippen molar-refractivity contribution in [1.82, 2.24) is 14.7 Å². The van der Waals surface area contributed by atoms with Crippen LogP contribution in [0.3, 0.4) is 0 Å². The summed E-state index contributed by atoms with van der Waals surface area (Å²) in [4.78, 5) is 14.4. The molecular weight excluding hydrogens is 376 g/mol. The maximum Gasteiger partial charge on any atom is 0.411 e. The molecule has 1 aromatic heterocycles. The van der Waals surface area contributed by atoms with Crippen LogP contribution >= 0.6 is 0 Å². The largest absolute Gasteiger partial charge is 0.449 e. The number of aromatic nitrogens is 2. The first-order valence-corrected chi connectivity index (χ1v) is 10.6. The number of ether oxygens (including phenoxy) is 1. The van der Waals surface area contributed by atoms with Crippen molar-refractivity contribution in [3.63, 3.8) is 0 Å². The molecule has 1 fully saturated rings. The van der Waals surface area contributed by atoms with Crippen LogP contribution in [0.15, 0.2) is 54.7 Å². The third kappa shape index (κ3) is 3.59. The van der Waals surface area contributed by atoms with E-state index in [0.29, 0.717) is 18.3 Å². The van der Waals surface area contributed by atoms with Crippen molar-refractivity contribution in [3.8, 4) is 16.9 Å². The third-order valence-corrected chi connectivity index (χ3v) is 6.21. The SMILES string of the molecule is CN1CCCC1CCOC(=O)Nc1ccc(-n2ncc3c2-c2ccccc2C3)cc1. The molecule has 0 radical (unpaired) electrons. The molecule has 0 bridgehead atoms. The smallest absolute Gasteiger partial charge is 0.411 e. The zero-order valence-corrected chi connectivity index (χ0v) is 17.2. The van der Waals surface area contributed by atoms with Gasteiger partial charge in [0.2, 0.25) is 0 Å². The Bertz CT molecular complexity index is 1060. The molecule has 5 rings (SSSR count). The number of amides is 1. The van der Waals surface area contributed by atoms with Crippen LogP contribution in [0.4, 0.5) is 10.5 Å². The molecule has 2 aromatic carbocycles. The Morgan fingerprint density at radius 2 is 2.00 bits per heavy atom. The van der Waals surface area contributed by atoms with E-state index < -0.39 is 6.09 Å². The topological polar surface area (TPSA) is 59.4 Å². The van der Waals surface area contributed by atoms with Gasteiger partial charge >= 0.3 is 6.09 Å². The Morgan fingerprint density at radius 3 is 2.80 bits per heavy atom. The summed E-state index contributed by atoms with van der Waals surface area (Å²) in [6.07, 6.45) is 5.76. The second kappa shape index (κ2) is 7.95. The lowest BCUT2D eigenvalue weighted by molar-refractivity contribution is 0.147. The number of hydrogen-bond donors (Lipinski definition) is 1. The Labute approximate surface area is 176 Å². The van der Waals surface area contributed by atoms with E-state index in [0.717, 1.165) is 30.8 Å². The summed E-state index contributed by atoms with van der Waals surface area (Å²) >= 11 is 0. The summed E-state index contributed by atoms with van der Waals surface area (Å²) in [5.74, 6) is 0. The van der Waals surface area contributed by atoms with E-state index in [2.05, 4.69) is 46.6 Å². The molecular formula is C24H26N4O2. The van der Waals surface area contributed by atoms with Gasteiger partial charge in [-0.15, -0.1) is 0 Å². The lowest BCUT2D eigenvalue weighted by Crippen LogP contribution is -2.27. The number of rotatable bonds is 5. The van der Waals surface area contributed by atoms with Crippen LogP contribution in [0.25, 0.3) is 16.9 Å². The first-order chi connectivity index (χ1) is 14.7. The fourth-order valence-corrected chi connectivity index (χ4v) is 4.58. The van der Waals surface area contributed by atoms with Crippen molar-refractivity contribution in [1.29, 1.82) is 0 Å². The molecule has 2 aliphatic rings. The predicted molar refractivity (Wildman–Crippen MR) is 117 cm³/mol. The summed E-state index contributed by atoms with van der Waals surface area (Å²) in [6, 6.07) is 16.7.